The highest BCUT2D eigenvalue weighted by atomic mass is 32.2. The fourth-order valence-electron chi connectivity index (χ4n) is 3.94. The number of carbonyl (C=O) groups is 2. The van der Waals surface area contributed by atoms with Crippen LogP contribution < -0.4 is 10.1 Å². The van der Waals surface area contributed by atoms with Crippen molar-refractivity contribution >= 4 is 27.5 Å². The van der Waals surface area contributed by atoms with Crippen molar-refractivity contribution in [1.82, 2.24) is 9.21 Å². The molecule has 1 aromatic rings. The predicted molar refractivity (Wildman–Crippen MR) is 114 cm³/mol. The molecule has 0 bridgehead atoms. The Labute approximate surface area is 178 Å². The molecule has 0 radical (unpaired) electrons. The minimum Gasteiger partial charge on any atom is -0.492 e. The van der Waals surface area contributed by atoms with Gasteiger partial charge in [0.15, 0.2) is 0 Å². The molecule has 0 saturated carbocycles. The zero-order chi connectivity index (χ0) is 21.9. The first-order valence-corrected chi connectivity index (χ1v) is 12.1. The van der Waals surface area contributed by atoms with E-state index in [4.69, 9.17) is 4.74 Å². The van der Waals surface area contributed by atoms with E-state index in [2.05, 4.69) is 5.32 Å². The van der Waals surface area contributed by atoms with Crippen LogP contribution in [-0.2, 0) is 19.6 Å². The van der Waals surface area contributed by atoms with Crippen LogP contribution in [0.4, 0.5) is 5.69 Å². The van der Waals surface area contributed by atoms with Gasteiger partial charge < -0.3 is 15.0 Å². The summed E-state index contributed by atoms with van der Waals surface area (Å²) in [7, 11) is -3.64. The quantitative estimate of drug-likeness (QED) is 0.707. The van der Waals surface area contributed by atoms with E-state index in [1.807, 2.05) is 20.8 Å². The summed E-state index contributed by atoms with van der Waals surface area (Å²) in [6, 6.07) is 4.59. The number of hydrogen-bond donors (Lipinski definition) is 1. The second-order valence-corrected chi connectivity index (χ2v) is 10.0. The van der Waals surface area contributed by atoms with Crippen molar-refractivity contribution in [2.45, 2.75) is 57.4 Å². The number of benzene rings is 1. The molecular weight excluding hydrogens is 406 g/mol. The van der Waals surface area contributed by atoms with Gasteiger partial charge in [-0.25, -0.2) is 8.42 Å². The maximum Gasteiger partial charge on any atom is 0.243 e. The Bertz CT molecular complexity index is 894. The van der Waals surface area contributed by atoms with Gasteiger partial charge in [-0.2, -0.15) is 4.31 Å². The minimum absolute atomic E-state index is 0.0345. The molecule has 2 fully saturated rings. The van der Waals surface area contributed by atoms with E-state index in [0.29, 0.717) is 37.7 Å². The van der Waals surface area contributed by atoms with Gasteiger partial charge in [0.05, 0.1) is 23.1 Å². The highest BCUT2D eigenvalue weighted by Crippen LogP contribution is 2.31. The van der Waals surface area contributed by atoms with Crippen LogP contribution in [0.3, 0.4) is 0 Å². The first-order valence-electron chi connectivity index (χ1n) is 10.6. The lowest BCUT2D eigenvalue weighted by Crippen LogP contribution is -2.35. The average Bonchev–Trinajstić information content (AvgIpc) is 3.12. The molecule has 1 N–H and O–H groups in total. The number of piperidine rings is 1. The van der Waals surface area contributed by atoms with Gasteiger partial charge in [-0.1, -0.05) is 6.42 Å². The monoisotopic (exact) mass is 437 g/mol. The molecule has 0 aliphatic carbocycles. The van der Waals surface area contributed by atoms with Crippen molar-refractivity contribution in [2.24, 2.45) is 5.92 Å². The molecule has 2 aliphatic rings. The molecule has 1 aromatic carbocycles. The van der Waals surface area contributed by atoms with E-state index in [9.17, 15) is 18.0 Å². The molecule has 166 valence electrons. The largest absolute Gasteiger partial charge is 0.492 e. The summed E-state index contributed by atoms with van der Waals surface area (Å²) < 4.78 is 33.2. The van der Waals surface area contributed by atoms with Crippen LogP contribution in [0.25, 0.3) is 0 Å². The van der Waals surface area contributed by atoms with Crippen LogP contribution in [0.5, 0.6) is 5.75 Å². The Morgan fingerprint density at radius 3 is 2.53 bits per heavy atom. The third-order valence-corrected chi connectivity index (χ3v) is 7.51. The van der Waals surface area contributed by atoms with Gasteiger partial charge in [0.25, 0.3) is 0 Å². The summed E-state index contributed by atoms with van der Waals surface area (Å²) in [5.41, 5.74) is 0.315. The van der Waals surface area contributed by atoms with Crippen LogP contribution >= 0.6 is 0 Å². The van der Waals surface area contributed by atoms with Gasteiger partial charge in [-0.3, -0.25) is 9.59 Å². The minimum atomic E-state index is -3.64. The molecule has 2 heterocycles. The molecule has 30 heavy (non-hydrogen) atoms. The number of nitrogens with one attached hydrogen (secondary N) is 1. The lowest BCUT2D eigenvalue weighted by atomic mass is 10.1. The third-order valence-electron chi connectivity index (χ3n) is 5.61. The number of hydrogen-bond acceptors (Lipinski definition) is 5. The van der Waals surface area contributed by atoms with Crippen molar-refractivity contribution in [3.8, 4) is 5.75 Å². The maximum atomic E-state index is 13.0. The number of anilines is 1. The molecule has 3 rings (SSSR count). The Kier molecular flexibility index (Phi) is 7.02. The third kappa shape index (κ3) is 4.78. The van der Waals surface area contributed by atoms with Crippen molar-refractivity contribution < 1.29 is 22.7 Å². The van der Waals surface area contributed by atoms with Gasteiger partial charge in [0.2, 0.25) is 21.8 Å². The molecule has 1 atom stereocenters. The number of likely N-dealkylation sites (tertiary alicyclic amines) is 1. The van der Waals surface area contributed by atoms with E-state index in [1.165, 1.54) is 16.4 Å². The first-order chi connectivity index (χ1) is 14.2. The van der Waals surface area contributed by atoms with Gasteiger partial charge in [0.1, 0.15) is 5.75 Å². The number of carbonyl (C=O) groups excluding carboxylic acids is 2. The number of ether oxygens (including phenoxy) is 1. The van der Waals surface area contributed by atoms with Crippen molar-refractivity contribution in [3.05, 3.63) is 18.2 Å². The summed E-state index contributed by atoms with van der Waals surface area (Å²) >= 11 is 0. The molecule has 2 saturated heterocycles. The van der Waals surface area contributed by atoms with Crippen molar-refractivity contribution in [1.29, 1.82) is 0 Å². The van der Waals surface area contributed by atoms with E-state index < -0.39 is 15.9 Å². The summed E-state index contributed by atoms with van der Waals surface area (Å²) in [4.78, 5) is 26.8. The maximum absolute atomic E-state index is 13.0. The highest BCUT2D eigenvalue weighted by molar-refractivity contribution is 7.89. The molecule has 9 heteroatoms. The normalized spacial score (nSPS) is 20.6. The van der Waals surface area contributed by atoms with Crippen LogP contribution in [0.2, 0.25) is 0 Å². The van der Waals surface area contributed by atoms with Crippen LogP contribution in [0.15, 0.2) is 23.1 Å². The van der Waals surface area contributed by atoms with Gasteiger partial charge in [-0.15, -0.1) is 0 Å². The molecule has 1 unspecified atom stereocenters. The molecule has 0 aromatic heterocycles. The van der Waals surface area contributed by atoms with E-state index in [0.717, 1.165) is 19.3 Å². The number of rotatable bonds is 7. The van der Waals surface area contributed by atoms with E-state index in [-0.39, 0.29) is 29.2 Å². The first kappa shape index (κ1) is 22.6. The zero-order valence-electron chi connectivity index (χ0n) is 17.9. The Balaban J connectivity index is 1.83. The molecular formula is C21H31N3O5S. The summed E-state index contributed by atoms with van der Waals surface area (Å²) in [6.07, 6.45) is 2.88. The summed E-state index contributed by atoms with van der Waals surface area (Å²) in [6.45, 7) is 7.40. The fourth-order valence-corrected chi connectivity index (χ4v) is 5.49. The number of sulfonamides is 1. The lowest BCUT2D eigenvalue weighted by molar-refractivity contribution is -0.129. The van der Waals surface area contributed by atoms with Gasteiger partial charge in [-0.05, 0) is 51.8 Å². The SMILES string of the molecule is CCOc1ccc(S(=O)(=O)N2CCCCC2)cc1NC(=O)C1CC(=O)N(C(C)C)C1. The number of amides is 2. The van der Waals surface area contributed by atoms with Crippen molar-refractivity contribution in [3.63, 3.8) is 0 Å². The second-order valence-electron chi connectivity index (χ2n) is 8.09. The zero-order valence-corrected chi connectivity index (χ0v) is 18.7. The van der Waals surface area contributed by atoms with Crippen molar-refractivity contribution in [2.75, 3.05) is 31.6 Å². The average molecular weight is 438 g/mol. The van der Waals surface area contributed by atoms with Gasteiger partial charge in [0, 0.05) is 32.1 Å². The Hall–Kier alpha value is -2.13. The van der Waals surface area contributed by atoms with Gasteiger partial charge >= 0.3 is 0 Å². The smallest absolute Gasteiger partial charge is 0.243 e. The Morgan fingerprint density at radius 2 is 1.93 bits per heavy atom. The topological polar surface area (TPSA) is 96.0 Å². The molecule has 8 nitrogen and oxygen atoms in total. The predicted octanol–water partition coefficient (Wildman–Crippen LogP) is 2.46. The number of nitrogens with zero attached hydrogens (tertiary/aromatic N) is 2. The van der Waals surface area contributed by atoms with E-state index in [1.54, 1.807) is 11.0 Å². The molecule has 2 aliphatic heterocycles. The summed E-state index contributed by atoms with van der Waals surface area (Å²) in [5, 5.41) is 2.81. The lowest BCUT2D eigenvalue weighted by Gasteiger charge is -2.26. The van der Waals surface area contributed by atoms with E-state index >= 15 is 0 Å². The second kappa shape index (κ2) is 9.34. The van der Waals surface area contributed by atoms with Crippen LogP contribution in [0.1, 0.15) is 46.5 Å². The molecule has 0 spiro atoms. The highest BCUT2D eigenvalue weighted by Gasteiger charge is 2.36. The summed E-state index contributed by atoms with van der Waals surface area (Å²) in [5.74, 6) is -0.415. The molecule has 2 amide bonds. The Morgan fingerprint density at radius 1 is 1.23 bits per heavy atom. The van der Waals surface area contributed by atoms with Crippen LogP contribution in [-0.4, -0.2) is 61.7 Å². The standard InChI is InChI=1S/C21H31N3O5S/c1-4-29-19-9-8-17(30(27,28)23-10-6-5-7-11-23)13-18(19)22-21(26)16-12-20(25)24(14-16)15(2)3/h8-9,13,15-16H,4-7,10-12,14H2,1-3H3,(H,22,26). The fraction of sp³-hybridized carbons (Fsp3) is 0.619. The van der Waals surface area contributed by atoms with Crippen LogP contribution in [0, 0.1) is 5.92 Å².